The van der Waals surface area contributed by atoms with Gasteiger partial charge in [-0.1, -0.05) is 26.8 Å². The van der Waals surface area contributed by atoms with Crippen LogP contribution in [0.1, 0.15) is 51.8 Å². The van der Waals surface area contributed by atoms with Crippen molar-refractivity contribution < 1.29 is 4.39 Å². The van der Waals surface area contributed by atoms with Gasteiger partial charge in [0.1, 0.15) is 5.82 Å². The number of aryl methyl sites for hydroxylation is 1. The van der Waals surface area contributed by atoms with Crippen LogP contribution in [-0.4, -0.2) is 30.1 Å². The van der Waals surface area contributed by atoms with Gasteiger partial charge in [-0.25, -0.2) is 4.39 Å². The van der Waals surface area contributed by atoms with Gasteiger partial charge < -0.3 is 5.32 Å². The second-order valence-corrected chi connectivity index (χ2v) is 5.82. The zero-order valence-corrected chi connectivity index (χ0v) is 13.8. The summed E-state index contributed by atoms with van der Waals surface area (Å²) in [5, 5.41) is 3.58. The monoisotopic (exact) mass is 280 g/mol. The third-order valence-corrected chi connectivity index (χ3v) is 4.24. The molecule has 0 aliphatic heterocycles. The largest absolute Gasteiger partial charge is 0.309 e. The van der Waals surface area contributed by atoms with Crippen molar-refractivity contribution in [3.05, 3.63) is 35.1 Å². The van der Waals surface area contributed by atoms with E-state index in [1.54, 1.807) is 12.1 Å². The lowest BCUT2D eigenvalue weighted by Gasteiger charge is -2.44. The molecule has 0 spiro atoms. The van der Waals surface area contributed by atoms with E-state index in [0.717, 1.165) is 25.2 Å². The molecule has 0 radical (unpaired) electrons. The number of rotatable bonds is 7. The van der Waals surface area contributed by atoms with Crippen LogP contribution in [0.5, 0.6) is 0 Å². The third kappa shape index (κ3) is 3.58. The highest BCUT2D eigenvalue weighted by molar-refractivity contribution is 5.32. The fourth-order valence-electron chi connectivity index (χ4n) is 3.13. The predicted octanol–water partition coefficient (Wildman–Crippen LogP) is 3.91. The quantitative estimate of drug-likeness (QED) is 0.815. The van der Waals surface area contributed by atoms with Gasteiger partial charge >= 0.3 is 0 Å². The summed E-state index contributed by atoms with van der Waals surface area (Å²) in [6.07, 6.45) is 0. The van der Waals surface area contributed by atoms with Gasteiger partial charge in [0.05, 0.1) is 6.04 Å². The van der Waals surface area contributed by atoms with Crippen molar-refractivity contribution in [2.45, 2.75) is 53.1 Å². The van der Waals surface area contributed by atoms with E-state index in [4.69, 9.17) is 0 Å². The zero-order chi connectivity index (χ0) is 15.3. The maximum absolute atomic E-state index is 13.4. The topological polar surface area (TPSA) is 15.3 Å². The Kier molecular flexibility index (Phi) is 6.15. The Bertz CT molecular complexity index is 425. The minimum atomic E-state index is -0.165. The molecule has 1 unspecified atom stereocenters. The molecule has 0 aliphatic rings. The van der Waals surface area contributed by atoms with Crippen LogP contribution in [0.3, 0.4) is 0 Å². The van der Waals surface area contributed by atoms with Crippen LogP contribution < -0.4 is 5.32 Å². The summed E-state index contributed by atoms with van der Waals surface area (Å²) in [5.74, 6) is -0.165. The van der Waals surface area contributed by atoms with E-state index in [-0.39, 0.29) is 17.4 Å². The van der Waals surface area contributed by atoms with Crippen LogP contribution in [0.4, 0.5) is 4.39 Å². The number of halogens is 1. The first-order valence-electron chi connectivity index (χ1n) is 7.62. The molecule has 0 aliphatic carbocycles. The summed E-state index contributed by atoms with van der Waals surface area (Å²) in [7, 11) is 0. The van der Waals surface area contributed by atoms with Crippen molar-refractivity contribution >= 4 is 0 Å². The fourth-order valence-corrected chi connectivity index (χ4v) is 3.13. The van der Waals surface area contributed by atoms with Gasteiger partial charge in [0, 0.05) is 5.54 Å². The highest BCUT2D eigenvalue weighted by atomic mass is 19.1. The Morgan fingerprint density at radius 2 is 1.80 bits per heavy atom. The molecule has 0 heterocycles. The van der Waals surface area contributed by atoms with E-state index >= 15 is 0 Å². The Morgan fingerprint density at radius 1 is 1.20 bits per heavy atom. The first-order valence-corrected chi connectivity index (χ1v) is 7.62. The summed E-state index contributed by atoms with van der Waals surface area (Å²) >= 11 is 0. The van der Waals surface area contributed by atoms with Gasteiger partial charge in [-0.2, -0.15) is 0 Å². The molecule has 0 amide bonds. The van der Waals surface area contributed by atoms with Crippen LogP contribution in [0.2, 0.25) is 0 Å². The van der Waals surface area contributed by atoms with Gasteiger partial charge in [-0.3, -0.25) is 4.90 Å². The molecule has 1 aromatic carbocycles. The summed E-state index contributed by atoms with van der Waals surface area (Å²) in [6.45, 7) is 15.9. The molecule has 0 aromatic heterocycles. The summed E-state index contributed by atoms with van der Waals surface area (Å²) in [4.78, 5) is 2.45. The van der Waals surface area contributed by atoms with E-state index in [0.29, 0.717) is 0 Å². The van der Waals surface area contributed by atoms with Gasteiger partial charge in [0.25, 0.3) is 0 Å². The molecule has 0 bridgehead atoms. The van der Waals surface area contributed by atoms with Crippen molar-refractivity contribution in [2.75, 3.05) is 19.6 Å². The third-order valence-electron chi connectivity index (χ3n) is 4.24. The Morgan fingerprint density at radius 3 is 2.25 bits per heavy atom. The average molecular weight is 280 g/mol. The van der Waals surface area contributed by atoms with Crippen molar-refractivity contribution in [1.29, 1.82) is 0 Å². The van der Waals surface area contributed by atoms with Crippen molar-refractivity contribution in [3.8, 4) is 0 Å². The number of likely N-dealkylation sites (N-methyl/N-ethyl adjacent to an activating group) is 2. The van der Waals surface area contributed by atoms with Crippen molar-refractivity contribution in [1.82, 2.24) is 10.2 Å². The maximum Gasteiger partial charge on any atom is 0.123 e. The maximum atomic E-state index is 13.4. The molecule has 0 fully saturated rings. The van der Waals surface area contributed by atoms with E-state index < -0.39 is 0 Å². The molecular weight excluding hydrogens is 251 g/mol. The SMILES string of the molecule is CCNC(c1ccc(F)cc1C)C(C)(C)N(CC)CC. The lowest BCUT2D eigenvalue weighted by molar-refractivity contribution is 0.0916. The lowest BCUT2D eigenvalue weighted by Crippen LogP contribution is -2.52. The Balaban J connectivity index is 3.22. The van der Waals surface area contributed by atoms with Crippen molar-refractivity contribution in [3.63, 3.8) is 0 Å². The minimum absolute atomic E-state index is 0.0257. The van der Waals surface area contributed by atoms with Crippen LogP contribution >= 0.6 is 0 Å². The summed E-state index contributed by atoms with van der Waals surface area (Å²) in [6, 6.07) is 5.29. The minimum Gasteiger partial charge on any atom is -0.309 e. The molecular formula is C17H29FN2. The van der Waals surface area contributed by atoms with Gasteiger partial charge in [0.15, 0.2) is 0 Å². The molecule has 20 heavy (non-hydrogen) atoms. The fraction of sp³-hybridized carbons (Fsp3) is 0.647. The van der Waals surface area contributed by atoms with Crippen LogP contribution in [-0.2, 0) is 0 Å². The standard InChI is InChI=1S/C17H29FN2/c1-7-19-16(17(5,6)20(8-2)9-3)15-11-10-14(18)12-13(15)4/h10-12,16,19H,7-9H2,1-6H3. The van der Waals surface area contributed by atoms with Crippen LogP contribution in [0, 0.1) is 12.7 Å². The van der Waals surface area contributed by atoms with E-state index in [9.17, 15) is 4.39 Å². The summed E-state index contributed by atoms with van der Waals surface area (Å²) < 4.78 is 13.4. The molecule has 1 rings (SSSR count). The number of nitrogens with zero attached hydrogens (tertiary/aromatic N) is 1. The first-order chi connectivity index (χ1) is 9.38. The van der Waals surface area contributed by atoms with Crippen molar-refractivity contribution in [2.24, 2.45) is 0 Å². The lowest BCUT2D eigenvalue weighted by atomic mass is 9.84. The van der Waals surface area contributed by atoms with Gasteiger partial charge in [-0.15, -0.1) is 0 Å². The number of hydrogen-bond acceptors (Lipinski definition) is 2. The molecule has 1 atom stereocenters. The second-order valence-electron chi connectivity index (χ2n) is 5.82. The molecule has 1 N–H and O–H groups in total. The van der Waals surface area contributed by atoms with Gasteiger partial charge in [-0.05, 0) is 63.7 Å². The Labute approximate surface area is 123 Å². The Hall–Kier alpha value is -0.930. The molecule has 0 saturated heterocycles. The zero-order valence-electron chi connectivity index (χ0n) is 13.8. The number of hydrogen-bond donors (Lipinski definition) is 1. The molecule has 3 heteroatoms. The predicted molar refractivity (Wildman–Crippen MR) is 84.6 cm³/mol. The van der Waals surface area contributed by atoms with Crippen LogP contribution in [0.15, 0.2) is 18.2 Å². The molecule has 0 saturated carbocycles. The first kappa shape index (κ1) is 17.1. The second kappa shape index (κ2) is 7.19. The van der Waals surface area contributed by atoms with Crippen LogP contribution in [0.25, 0.3) is 0 Å². The highest BCUT2D eigenvalue weighted by Gasteiger charge is 2.35. The normalized spacial score (nSPS) is 13.8. The van der Waals surface area contributed by atoms with E-state index in [2.05, 4.69) is 44.8 Å². The molecule has 114 valence electrons. The van der Waals surface area contributed by atoms with Gasteiger partial charge in [0.2, 0.25) is 0 Å². The summed E-state index contributed by atoms with van der Waals surface area (Å²) in [5.41, 5.74) is 2.17. The van der Waals surface area contributed by atoms with E-state index in [1.807, 2.05) is 13.0 Å². The molecule has 2 nitrogen and oxygen atoms in total. The number of benzene rings is 1. The van der Waals surface area contributed by atoms with E-state index in [1.165, 1.54) is 5.56 Å². The smallest absolute Gasteiger partial charge is 0.123 e. The highest BCUT2D eigenvalue weighted by Crippen LogP contribution is 2.32. The molecule has 1 aromatic rings. The number of nitrogens with one attached hydrogen (secondary N) is 1. The average Bonchev–Trinajstić information content (AvgIpc) is 2.38.